The summed E-state index contributed by atoms with van der Waals surface area (Å²) in [6.45, 7) is 2.23. The highest BCUT2D eigenvalue weighted by molar-refractivity contribution is 5.96. The number of nitrogens with one attached hydrogen (secondary N) is 1. The van der Waals surface area contributed by atoms with Crippen molar-refractivity contribution in [3.63, 3.8) is 0 Å². The van der Waals surface area contributed by atoms with Gasteiger partial charge in [-0.05, 0) is 62.8 Å². The van der Waals surface area contributed by atoms with Gasteiger partial charge in [-0.25, -0.2) is 0 Å². The molecule has 1 aliphatic heterocycles. The number of hydrogen-bond donors (Lipinski definition) is 2. The van der Waals surface area contributed by atoms with Gasteiger partial charge in [0.1, 0.15) is 12.4 Å². The lowest BCUT2D eigenvalue weighted by Gasteiger charge is -2.38. The van der Waals surface area contributed by atoms with Gasteiger partial charge in [-0.1, -0.05) is 36.4 Å². The van der Waals surface area contributed by atoms with E-state index in [9.17, 15) is 9.90 Å². The third-order valence-corrected chi connectivity index (χ3v) is 6.26. The van der Waals surface area contributed by atoms with E-state index in [-0.39, 0.29) is 24.0 Å². The van der Waals surface area contributed by atoms with Crippen LogP contribution >= 0.6 is 0 Å². The normalized spacial score (nSPS) is 24.2. The van der Waals surface area contributed by atoms with Crippen molar-refractivity contribution in [3.8, 4) is 5.75 Å². The first-order chi connectivity index (χ1) is 14.7. The van der Waals surface area contributed by atoms with E-state index in [4.69, 9.17) is 4.74 Å². The molecule has 2 aliphatic rings. The number of aliphatic hydroxyl groups is 1. The summed E-state index contributed by atoms with van der Waals surface area (Å²) in [4.78, 5) is 15.6. The number of piperidine rings is 1. The molecule has 2 N–H and O–H groups in total. The Morgan fingerprint density at radius 3 is 2.57 bits per heavy atom. The van der Waals surface area contributed by atoms with Crippen LogP contribution < -0.4 is 15.0 Å². The van der Waals surface area contributed by atoms with Gasteiger partial charge in [0.2, 0.25) is 5.91 Å². The van der Waals surface area contributed by atoms with Gasteiger partial charge in [-0.3, -0.25) is 4.79 Å². The van der Waals surface area contributed by atoms with Gasteiger partial charge in [-0.15, -0.1) is 0 Å². The van der Waals surface area contributed by atoms with E-state index in [1.165, 1.54) is 0 Å². The molecule has 1 atom stereocenters. The van der Waals surface area contributed by atoms with Crippen molar-refractivity contribution in [2.24, 2.45) is 5.92 Å². The first-order valence-corrected chi connectivity index (χ1v) is 11.2. The summed E-state index contributed by atoms with van der Waals surface area (Å²) < 4.78 is 6.02. The Balaban J connectivity index is 1.54. The lowest BCUT2D eigenvalue weighted by Crippen LogP contribution is -2.49. The fourth-order valence-electron chi connectivity index (χ4n) is 4.56. The van der Waals surface area contributed by atoms with Crippen LogP contribution in [0.3, 0.4) is 0 Å². The van der Waals surface area contributed by atoms with Crippen LogP contribution in [0.4, 0.5) is 5.69 Å². The van der Waals surface area contributed by atoms with Crippen LogP contribution in [0.2, 0.25) is 0 Å². The minimum atomic E-state index is -0.241. The Labute approximate surface area is 179 Å². The Hall–Kier alpha value is -2.37. The average molecular weight is 409 g/mol. The molecule has 0 radical (unpaired) electrons. The summed E-state index contributed by atoms with van der Waals surface area (Å²) in [7, 11) is 0. The third-order valence-electron chi connectivity index (χ3n) is 6.26. The van der Waals surface area contributed by atoms with Crippen molar-refractivity contribution in [1.82, 2.24) is 5.32 Å². The number of ether oxygens (including phenoxy) is 1. The van der Waals surface area contributed by atoms with Crippen LogP contribution in [0.5, 0.6) is 5.75 Å². The molecular formula is C25H32N2O3. The number of carbonyl (C=O) groups is 1. The van der Waals surface area contributed by atoms with E-state index in [0.29, 0.717) is 6.61 Å². The van der Waals surface area contributed by atoms with E-state index in [2.05, 4.69) is 5.32 Å². The van der Waals surface area contributed by atoms with Crippen molar-refractivity contribution >= 4 is 11.6 Å². The van der Waals surface area contributed by atoms with Gasteiger partial charge in [0.25, 0.3) is 0 Å². The standard InChI is InChI=1S/C25H32N2O3/c28-23-13-11-21(12-14-23)27(25(29)20-8-5-15-26-17-20)22-9-4-10-24(16-22)30-18-19-6-2-1-3-7-19/h1-4,6-7,9-10,16,20-21,23,26,28H,5,8,11-15,17-18H2/t20-,21-,23-/m0/s1. The number of amides is 1. The maximum atomic E-state index is 13.6. The maximum absolute atomic E-state index is 13.6. The van der Waals surface area contributed by atoms with E-state index in [0.717, 1.165) is 68.6 Å². The predicted octanol–water partition coefficient (Wildman–Crippen LogP) is 3.90. The zero-order chi connectivity index (χ0) is 20.8. The second-order valence-corrected chi connectivity index (χ2v) is 8.49. The van der Waals surface area contributed by atoms with Crippen LogP contribution in [-0.4, -0.2) is 36.2 Å². The number of nitrogens with zero attached hydrogens (tertiary/aromatic N) is 1. The van der Waals surface area contributed by atoms with E-state index in [1.54, 1.807) is 0 Å². The minimum Gasteiger partial charge on any atom is -0.489 e. The molecule has 0 unspecified atom stereocenters. The van der Waals surface area contributed by atoms with Gasteiger partial charge >= 0.3 is 0 Å². The quantitative estimate of drug-likeness (QED) is 0.761. The average Bonchev–Trinajstić information content (AvgIpc) is 2.81. The fourth-order valence-corrected chi connectivity index (χ4v) is 4.56. The predicted molar refractivity (Wildman–Crippen MR) is 119 cm³/mol. The molecule has 160 valence electrons. The molecule has 1 amide bonds. The van der Waals surface area contributed by atoms with Crippen molar-refractivity contribution in [1.29, 1.82) is 0 Å². The zero-order valence-electron chi connectivity index (χ0n) is 17.5. The van der Waals surface area contributed by atoms with Crippen LogP contribution in [0.15, 0.2) is 54.6 Å². The lowest BCUT2D eigenvalue weighted by molar-refractivity contribution is -0.123. The Morgan fingerprint density at radius 2 is 1.83 bits per heavy atom. The molecule has 5 nitrogen and oxygen atoms in total. The van der Waals surface area contributed by atoms with E-state index < -0.39 is 0 Å². The number of anilines is 1. The Kier molecular flexibility index (Phi) is 7.03. The van der Waals surface area contributed by atoms with Gasteiger partial charge < -0.3 is 20.1 Å². The van der Waals surface area contributed by atoms with Crippen molar-refractivity contribution in [2.45, 2.75) is 57.3 Å². The van der Waals surface area contributed by atoms with Gasteiger partial charge in [0.15, 0.2) is 0 Å². The molecule has 2 aromatic rings. The number of benzene rings is 2. The van der Waals surface area contributed by atoms with Crippen LogP contribution in [0.25, 0.3) is 0 Å². The number of rotatable bonds is 6. The van der Waals surface area contributed by atoms with Crippen molar-refractivity contribution < 1.29 is 14.6 Å². The molecule has 5 heteroatoms. The van der Waals surface area contributed by atoms with Crippen LogP contribution in [-0.2, 0) is 11.4 Å². The number of carbonyl (C=O) groups excluding carboxylic acids is 1. The molecule has 0 aromatic heterocycles. The van der Waals surface area contributed by atoms with Crippen LogP contribution in [0, 0.1) is 5.92 Å². The number of aliphatic hydroxyl groups excluding tert-OH is 1. The molecular weight excluding hydrogens is 376 g/mol. The zero-order valence-corrected chi connectivity index (χ0v) is 17.5. The first-order valence-electron chi connectivity index (χ1n) is 11.2. The lowest BCUT2D eigenvalue weighted by atomic mass is 9.89. The highest BCUT2D eigenvalue weighted by Gasteiger charge is 2.34. The molecule has 1 saturated carbocycles. The largest absolute Gasteiger partial charge is 0.489 e. The highest BCUT2D eigenvalue weighted by Crippen LogP contribution is 2.32. The van der Waals surface area contributed by atoms with Gasteiger partial charge in [-0.2, -0.15) is 0 Å². The number of hydrogen-bond acceptors (Lipinski definition) is 4. The monoisotopic (exact) mass is 408 g/mol. The molecule has 1 saturated heterocycles. The molecule has 1 aliphatic carbocycles. The van der Waals surface area contributed by atoms with Gasteiger partial charge in [0.05, 0.1) is 12.0 Å². The molecule has 2 fully saturated rings. The fraction of sp³-hybridized carbons (Fsp3) is 0.480. The SMILES string of the molecule is O=C([C@H]1CCCNC1)N(c1cccc(OCc2ccccc2)c1)[C@H]1CC[C@H](O)CC1. The topological polar surface area (TPSA) is 61.8 Å². The molecule has 1 heterocycles. The Morgan fingerprint density at radius 1 is 1.03 bits per heavy atom. The summed E-state index contributed by atoms with van der Waals surface area (Å²) in [6, 6.07) is 18.1. The molecule has 0 spiro atoms. The summed E-state index contributed by atoms with van der Waals surface area (Å²) in [5.41, 5.74) is 2.02. The summed E-state index contributed by atoms with van der Waals surface area (Å²) in [5, 5.41) is 13.3. The highest BCUT2D eigenvalue weighted by atomic mass is 16.5. The molecule has 0 bridgehead atoms. The second kappa shape index (κ2) is 10.1. The van der Waals surface area contributed by atoms with Crippen molar-refractivity contribution in [3.05, 3.63) is 60.2 Å². The summed E-state index contributed by atoms with van der Waals surface area (Å²) in [6.07, 6.45) is 4.90. The Bertz CT molecular complexity index is 812. The maximum Gasteiger partial charge on any atom is 0.231 e. The summed E-state index contributed by atoms with van der Waals surface area (Å²) >= 11 is 0. The van der Waals surface area contributed by atoms with Gasteiger partial charge in [0, 0.05) is 24.3 Å². The third kappa shape index (κ3) is 5.21. The summed E-state index contributed by atoms with van der Waals surface area (Å²) in [5.74, 6) is 0.982. The molecule has 30 heavy (non-hydrogen) atoms. The van der Waals surface area contributed by atoms with E-state index >= 15 is 0 Å². The molecule has 4 rings (SSSR count). The second-order valence-electron chi connectivity index (χ2n) is 8.49. The first kappa shape index (κ1) is 20.9. The van der Waals surface area contributed by atoms with E-state index in [1.807, 2.05) is 59.5 Å². The van der Waals surface area contributed by atoms with Crippen molar-refractivity contribution in [2.75, 3.05) is 18.0 Å². The smallest absolute Gasteiger partial charge is 0.231 e. The molecule has 2 aromatic carbocycles. The minimum absolute atomic E-state index is 0.0134. The van der Waals surface area contributed by atoms with Crippen LogP contribution in [0.1, 0.15) is 44.1 Å².